The van der Waals surface area contributed by atoms with E-state index in [-0.39, 0.29) is 6.10 Å². The maximum Gasteiger partial charge on any atom is 0.143 e. The lowest BCUT2D eigenvalue weighted by atomic mass is 10.2. The third-order valence-corrected chi connectivity index (χ3v) is 4.50. The largest absolute Gasteiger partial charge is 0.489 e. The molecule has 0 atom stereocenters. The van der Waals surface area contributed by atoms with Crippen LogP contribution in [0.25, 0.3) is 0 Å². The summed E-state index contributed by atoms with van der Waals surface area (Å²) >= 11 is 0. The minimum absolute atomic E-state index is 0.108. The van der Waals surface area contributed by atoms with Gasteiger partial charge in [0.1, 0.15) is 23.2 Å². The summed E-state index contributed by atoms with van der Waals surface area (Å²) in [6.45, 7) is 6.90. The molecule has 1 aliphatic heterocycles. The average molecular weight is 360 g/mol. The average Bonchev–Trinajstić information content (AvgIpc) is 3.07. The lowest BCUT2D eigenvalue weighted by Gasteiger charge is -2.20. The van der Waals surface area contributed by atoms with Crippen molar-refractivity contribution in [2.45, 2.75) is 33.3 Å². The van der Waals surface area contributed by atoms with Gasteiger partial charge in [-0.3, -0.25) is 0 Å². The first-order valence-electron chi connectivity index (χ1n) is 9.34. The summed E-state index contributed by atoms with van der Waals surface area (Å²) < 4.78 is 5.91. The van der Waals surface area contributed by atoms with Gasteiger partial charge in [-0.25, -0.2) is 9.97 Å². The molecule has 1 aromatic heterocycles. The topological polar surface area (TPSA) is 50.3 Å². The van der Waals surface area contributed by atoms with Crippen molar-refractivity contribution in [2.75, 3.05) is 16.8 Å². The Labute approximate surface area is 160 Å². The highest BCUT2D eigenvalue weighted by atomic mass is 16.5. The molecule has 0 spiro atoms. The van der Waals surface area contributed by atoms with Crippen LogP contribution in [0.4, 0.5) is 23.0 Å². The molecule has 0 amide bonds. The Bertz CT molecular complexity index is 955. The molecule has 2 heterocycles. The van der Waals surface area contributed by atoms with Crippen LogP contribution in [0, 0.1) is 6.92 Å². The molecule has 1 N–H and O–H groups in total. The van der Waals surface area contributed by atoms with Gasteiger partial charge in [-0.05, 0) is 51.0 Å². The maximum atomic E-state index is 5.91. The number of hydrogen-bond acceptors (Lipinski definition) is 5. The second-order valence-corrected chi connectivity index (χ2v) is 6.98. The summed E-state index contributed by atoms with van der Waals surface area (Å²) in [7, 11) is 0. The van der Waals surface area contributed by atoms with Gasteiger partial charge in [-0.2, -0.15) is 0 Å². The number of rotatable bonds is 5. The first-order chi connectivity index (χ1) is 13.1. The van der Waals surface area contributed by atoms with Crippen molar-refractivity contribution in [1.82, 2.24) is 9.97 Å². The van der Waals surface area contributed by atoms with E-state index in [9.17, 15) is 0 Å². The van der Waals surface area contributed by atoms with Crippen LogP contribution in [0.3, 0.4) is 0 Å². The Morgan fingerprint density at radius 3 is 2.67 bits per heavy atom. The SMILES string of the molecule is Cc1nc(Nc2ccccc2OC(C)C)cc(N2CCc3ccccc32)n1. The van der Waals surface area contributed by atoms with Crippen molar-refractivity contribution in [2.24, 2.45) is 0 Å². The van der Waals surface area contributed by atoms with Gasteiger partial charge in [-0.15, -0.1) is 0 Å². The Kier molecular flexibility index (Phi) is 4.67. The summed E-state index contributed by atoms with van der Waals surface area (Å²) in [6, 6.07) is 18.4. The molecule has 0 radical (unpaired) electrons. The molecule has 138 valence electrons. The van der Waals surface area contributed by atoms with Gasteiger partial charge in [0.15, 0.2) is 0 Å². The number of aryl methyl sites for hydroxylation is 1. The van der Waals surface area contributed by atoms with E-state index in [0.29, 0.717) is 0 Å². The van der Waals surface area contributed by atoms with Gasteiger partial charge in [0.2, 0.25) is 0 Å². The zero-order valence-electron chi connectivity index (χ0n) is 15.9. The number of hydrogen-bond donors (Lipinski definition) is 1. The van der Waals surface area contributed by atoms with E-state index >= 15 is 0 Å². The number of nitrogens with zero attached hydrogens (tertiary/aromatic N) is 3. The smallest absolute Gasteiger partial charge is 0.143 e. The monoisotopic (exact) mass is 360 g/mol. The molecule has 27 heavy (non-hydrogen) atoms. The van der Waals surface area contributed by atoms with E-state index in [1.807, 2.05) is 51.1 Å². The van der Waals surface area contributed by atoms with Crippen molar-refractivity contribution in [1.29, 1.82) is 0 Å². The van der Waals surface area contributed by atoms with Crippen molar-refractivity contribution >= 4 is 23.0 Å². The third kappa shape index (κ3) is 3.72. The lowest BCUT2D eigenvalue weighted by Crippen LogP contribution is -2.16. The molecule has 1 aliphatic rings. The Balaban J connectivity index is 1.65. The second-order valence-electron chi connectivity index (χ2n) is 6.98. The van der Waals surface area contributed by atoms with Gasteiger partial charge in [0.05, 0.1) is 11.8 Å². The Hall–Kier alpha value is -3.08. The van der Waals surface area contributed by atoms with Gasteiger partial charge >= 0.3 is 0 Å². The highest BCUT2D eigenvalue weighted by Crippen LogP contribution is 2.35. The van der Waals surface area contributed by atoms with Gasteiger partial charge < -0.3 is 15.0 Å². The van der Waals surface area contributed by atoms with Crippen LogP contribution in [0.1, 0.15) is 25.2 Å². The van der Waals surface area contributed by atoms with E-state index in [1.165, 1.54) is 11.3 Å². The molecule has 4 rings (SSSR count). The van der Waals surface area contributed by atoms with Gasteiger partial charge in [0.25, 0.3) is 0 Å². The quantitative estimate of drug-likeness (QED) is 0.693. The highest BCUT2D eigenvalue weighted by Gasteiger charge is 2.21. The summed E-state index contributed by atoms with van der Waals surface area (Å²) in [4.78, 5) is 11.5. The fourth-order valence-corrected chi connectivity index (χ4v) is 3.40. The summed E-state index contributed by atoms with van der Waals surface area (Å²) in [5, 5.41) is 3.40. The fourth-order valence-electron chi connectivity index (χ4n) is 3.40. The van der Waals surface area contributed by atoms with Gasteiger partial charge in [-0.1, -0.05) is 30.3 Å². The van der Waals surface area contributed by atoms with E-state index < -0.39 is 0 Å². The van der Waals surface area contributed by atoms with E-state index in [0.717, 1.165) is 41.9 Å². The minimum atomic E-state index is 0.108. The van der Waals surface area contributed by atoms with Gasteiger partial charge in [0, 0.05) is 18.3 Å². The molecule has 2 aromatic carbocycles. The van der Waals surface area contributed by atoms with Crippen molar-refractivity contribution in [3.8, 4) is 5.75 Å². The lowest BCUT2D eigenvalue weighted by molar-refractivity contribution is 0.244. The van der Waals surface area contributed by atoms with Crippen LogP contribution in [0.5, 0.6) is 5.75 Å². The summed E-state index contributed by atoms with van der Waals surface area (Å²) in [5.74, 6) is 3.23. The van der Waals surface area contributed by atoms with Crippen LogP contribution in [-0.2, 0) is 6.42 Å². The van der Waals surface area contributed by atoms with Crippen LogP contribution in [-0.4, -0.2) is 22.6 Å². The van der Waals surface area contributed by atoms with Crippen LogP contribution >= 0.6 is 0 Å². The number of anilines is 4. The fraction of sp³-hybridized carbons (Fsp3) is 0.273. The van der Waals surface area contributed by atoms with E-state index in [4.69, 9.17) is 4.74 Å². The number of ether oxygens (including phenoxy) is 1. The number of benzene rings is 2. The van der Waals surface area contributed by atoms with Crippen molar-refractivity contribution in [3.63, 3.8) is 0 Å². The molecular formula is C22H24N4O. The van der Waals surface area contributed by atoms with Crippen LogP contribution in [0.15, 0.2) is 54.6 Å². The number of fused-ring (bicyclic) bond motifs is 1. The standard InChI is InChI=1S/C22H24N4O/c1-15(2)27-20-11-7-5-9-18(20)25-21-14-22(24-16(3)23-21)26-13-12-17-8-4-6-10-19(17)26/h4-11,14-15H,12-13H2,1-3H3,(H,23,24,25). The zero-order chi connectivity index (χ0) is 18.8. The van der Waals surface area contributed by atoms with Crippen LogP contribution in [0.2, 0.25) is 0 Å². The molecule has 3 aromatic rings. The first kappa shape index (κ1) is 17.3. The predicted octanol–water partition coefficient (Wildman–Crippen LogP) is 5.01. The van der Waals surface area contributed by atoms with Crippen molar-refractivity contribution in [3.05, 3.63) is 66.0 Å². The minimum Gasteiger partial charge on any atom is -0.489 e. The number of nitrogens with one attached hydrogen (secondary N) is 1. The molecule has 5 nitrogen and oxygen atoms in total. The molecule has 0 unspecified atom stereocenters. The highest BCUT2D eigenvalue weighted by molar-refractivity contribution is 5.71. The first-order valence-corrected chi connectivity index (χ1v) is 9.34. The molecule has 0 aliphatic carbocycles. The molecule has 0 saturated carbocycles. The molecule has 0 fully saturated rings. The van der Waals surface area contributed by atoms with E-state index in [2.05, 4.69) is 44.5 Å². The van der Waals surface area contributed by atoms with Crippen LogP contribution < -0.4 is 15.0 Å². The third-order valence-electron chi connectivity index (χ3n) is 4.50. The Morgan fingerprint density at radius 2 is 1.81 bits per heavy atom. The summed E-state index contributed by atoms with van der Waals surface area (Å²) in [6.07, 6.45) is 1.14. The molecule has 0 saturated heterocycles. The predicted molar refractivity (Wildman–Crippen MR) is 109 cm³/mol. The second kappa shape index (κ2) is 7.27. The number of aromatic nitrogens is 2. The summed E-state index contributed by atoms with van der Waals surface area (Å²) in [5.41, 5.74) is 3.49. The van der Waals surface area contributed by atoms with Crippen molar-refractivity contribution < 1.29 is 4.74 Å². The normalized spacial score (nSPS) is 13.0. The zero-order valence-corrected chi connectivity index (χ0v) is 15.9. The van der Waals surface area contributed by atoms with E-state index in [1.54, 1.807) is 0 Å². The maximum absolute atomic E-state index is 5.91. The number of para-hydroxylation sites is 3. The molecular weight excluding hydrogens is 336 g/mol. The molecule has 0 bridgehead atoms. The Morgan fingerprint density at radius 1 is 1.04 bits per heavy atom. The molecule has 5 heteroatoms.